The number of hydrogen-bond acceptors (Lipinski definition) is 6. The lowest BCUT2D eigenvalue weighted by atomic mass is 9.82. The number of fused-ring (bicyclic) bond motifs is 1. The second kappa shape index (κ2) is 10.9. The number of nitro groups is 1. The van der Waals surface area contributed by atoms with Gasteiger partial charge in [-0.3, -0.25) is 15.0 Å². The fraction of sp³-hybridized carbons (Fsp3) is 0.438. The molecule has 0 spiro atoms. The topological polar surface area (TPSA) is 74.1 Å². The van der Waals surface area contributed by atoms with Crippen LogP contribution in [0.5, 0.6) is 17.2 Å². The van der Waals surface area contributed by atoms with E-state index in [2.05, 4.69) is 51.7 Å². The fourth-order valence-electron chi connectivity index (χ4n) is 6.02. The van der Waals surface area contributed by atoms with Gasteiger partial charge in [0.15, 0.2) is 0 Å². The molecule has 206 valence electrons. The minimum absolute atomic E-state index is 0.0694. The van der Waals surface area contributed by atoms with Crippen molar-refractivity contribution in [3.63, 3.8) is 0 Å². The number of non-ortho nitro benzene ring substituents is 1. The van der Waals surface area contributed by atoms with E-state index in [4.69, 9.17) is 14.2 Å². The van der Waals surface area contributed by atoms with Crippen molar-refractivity contribution < 1.29 is 19.1 Å². The molecular formula is C32H38N2O5. The molecule has 0 amide bonds. The zero-order valence-corrected chi connectivity index (χ0v) is 23.5. The van der Waals surface area contributed by atoms with Gasteiger partial charge in [-0.1, -0.05) is 30.3 Å². The second-order valence-corrected chi connectivity index (χ2v) is 11.3. The Kier molecular flexibility index (Phi) is 7.54. The average molecular weight is 531 g/mol. The van der Waals surface area contributed by atoms with Gasteiger partial charge in [-0.2, -0.15) is 0 Å². The van der Waals surface area contributed by atoms with Crippen molar-refractivity contribution in [2.75, 3.05) is 19.7 Å². The molecule has 3 aromatic rings. The van der Waals surface area contributed by atoms with Crippen LogP contribution in [-0.2, 0) is 6.61 Å². The standard InChI is InChI=1S/C32H38N2O5/c1-21-22(2)31-29(23(3)30(21)38-19-24-10-7-6-8-11-24)28(32(4,5)39-31)18-33-17-9-12-26(33)20-37-27-15-13-25(14-16-27)34(35)36/h6-8,10-11,13-16,26,28H,9,12,17-20H2,1-5H3/t26-,28?/m0/s1. The zero-order chi connectivity index (χ0) is 27.7. The highest BCUT2D eigenvalue weighted by Gasteiger charge is 2.46. The van der Waals surface area contributed by atoms with Crippen molar-refractivity contribution in [3.8, 4) is 17.2 Å². The van der Waals surface area contributed by atoms with Gasteiger partial charge in [0.1, 0.15) is 36.1 Å². The first-order valence-corrected chi connectivity index (χ1v) is 13.8. The van der Waals surface area contributed by atoms with E-state index in [0.29, 0.717) is 19.0 Å². The van der Waals surface area contributed by atoms with Crippen LogP contribution in [0.15, 0.2) is 54.6 Å². The first-order valence-electron chi connectivity index (χ1n) is 13.8. The van der Waals surface area contributed by atoms with Gasteiger partial charge in [0, 0.05) is 36.2 Å². The maximum absolute atomic E-state index is 11.0. The number of hydrogen-bond donors (Lipinski definition) is 0. The minimum Gasteiger partial charge on any atom is -0.492 e. The third kappa shape index (κ3) is 5.46. The van der Waals surface area contributed by atoms with E-state index >= 15 is 0 Å². The summed E-state index contributed by atoms with van der Waals surface area (Å²) in [5, 5.41) is 11.0. The second-order valence-electron chi connectivity index (χ2n) is 11.3. The van der Waals surface area contributed by atoms with Gasteiger partial charge in [-0.15, -0.1) is 0 Å². The number of likely N-dealkylation sites (tertiary alicyclic amines) is 1. The van der Waals surface area contributed by atoms with E-state index in [1.165, 1.54) is 17.7 Å². The van der Waals surface area contributed by atoms with Gasteiger partial charge >= 0.3 is 0 Å². The summed E-state index contributed by atoms with van der Waals surface area (Å²) in [6.45, 7) is 13.8. The summed E-state index contributed by atoms with van der Waals surface area (Å²) >= 11 is 0. The number of rotatable bonds is 9. The summed E-state index contributed by atoms with van der Waals surface area (Å²) in [7, 11) is 0. The van der Waals surface area contributed by atoms with Crippen LogP contribution in [-0.4, -0.2) is 41.2 Å². The van der Waals surface area contributed by atoms with Crippen molar-refractivity contribution in [2.24, 2.45) is 0 Å². The molecule has 0 aromatic heterocycles. The zero-order valence-electron chi connectivity index (χ0n) is 23.5. The lowest BCUT2D eigenvalue weighted by Gasteiger charge is -2.33. The smallest absolute Gasteiger partial charge is 0.269 e. The lowest BCUT2D eigenvalue weighted by Crippen LogP contribution is -2.42. The average Bonchev–Trinajstić information content (AvgIpc) is 3.48. The van der Waals surface area contributed by atoms with Crippen LogP contribution in [0.25, 0.3) is 0 Å². The van der Waals surface area contributed by atoms with Crippen LogP contribution in [0, 0.1) is 30.9 Å². The van der Waals surface area contributed by atoms with E-state index in [1.54, 1.807) is 12.1 Å². The molecule has 39 heavy (non-hydrogen) atoms. The van der Waals surface area contributed by atoms with Crippen LogP contribution in [0.4, 0.5) is 5.69 Å². The molecule has 7 nitrogen and oxygen atoms in total. The van der Waals surface area contributed by atoms with E-state index < -0.39 is 4.92 Å². The molecule has 2 heterocycles. The summed E-state index contributed by atoms with van der Waals surface area (Å²) in [6, 6.07) is 16.9. The molecule has 1 unspecified atom stereocenters. The molecular weight excluding hydrogens is 492 g/mol. The Morgan fingerprint density at radius 3 is 2.41 bits per heavy atom. The lowest BCUT2D eigenvalue weighted by molar-refractivity contribution is -0.384. The molecule has 2 aliphatic heterocycles. The minimum atomic E-state index is -0.394. The molecule has 5 rings (SSSR count). The van der Waals surface area contributed by atoms with Crippen molar-refractivity contribution in [3.05, 3.63) is 92.5 Å². The molecule has 0 aliphatic carbocycles. The highest BCUT2D eigenvalue weighted by Crippen LogP contribution is 2.52. The molecule has 2 atom stereocenters. The Morgan fingerprint density at radius 1 is 1.00 bits per heavy atom. The number of nitro benzene ring substituents is 1. The predicted molar refractivity (Wildman–Crippen MR) is 152 cm³/mol. The fourth-order valence-corrected chi connectivity index (χ4v) is 6.02. The number of benzene rings is 3. The Labute approximate surface area is 230 Å². The summed E-state index contributed by atoms with van der Waals surface area (Å²) in [5.41, 5.74) is 5.57. The monoisotopic (exact) mass is 530 g/mol. The summed E-state index contributed by atoms with van der Waals surface area (Å²) < 4.78 is 19.2. The largest absolute Gasteiger partial charge is 0.492 e. The SMILES string of the molecule is Cc1c(C)c2c(c(C)c1OCc1ccccc1)C(CN1CCC[C@H]1COc1ccc([N+](=O)[O-])cc1)C(C)(C)O2. The van der Waals surface area contributed by atoms with Crippen LogP contribution in [0.1, 0.15) is 60.4 Å². The normalized spacial score (nSPS) is 19.9. The molecule has 1 fully saturated rings. The van der Waals surface area contributed by atoms with Crippen LogP contribution in [0.3, 0.4) is 0 Å². The van der Waals surface area contributed by atoms with Gasteiger partial charge in [0.05, 0.1) is 4.92 Å². The maximum atomic E-state index is 11.0. The van der Waals surface area contributed by atoms with Crippen LogP contribution < -0.4 is 14.2 Å². The van der Waals surface area contributed by atoms with Crippen molar-refractivity contribution in [1.82, 2.24) is 4.90 Å². The van der Waals surface area contributed by atoms with Gasteiger partial charge < -0.3 is 14.2 Å². The summed E-state index contributed by atoms with van der Waals surface area (Å²) in [4.78, 5) is 13.1. The first-order chi connectivity index (χ1) is 18.7. The Bertz CT molecular complexity index is 1340. The van der Waals surface area contributed by atoms with Crippen molar-refractivity contribution >= 4 is 5.69 Å². The van der Waals surface area contributed by atoms with Crippen LogP contribution >= 0.6 is 0 Å². The highest BCUT2D eigenvalue weighted by atomic mass is 16.6. The highest BCUT2D eigenvalue weighted by molar-refractivity contribution is 5.62. The molecule has 0 radical (unpaired) electrons. The van der Waals surface area contributed by atoms with Crippen molar-refractivity contribution in [2.45, 2.75) is 71.6 Å². The Hall–Kier alpha value is -3.58. The third-order valence-electron chi connectivity index (χ3n) is 8.42. The molecule has 0 saturated carbocycles. The molecule has 0 N–H and O–H groups in total. The Morgan fingerprint density at radius 2 is 1.72 bits per heavy atom. The van der Waals surface area contributed by atoms with Gasteiger partial charge in [0.2, 0.25) is 0 Å². The maximum Gasteiger partial charge on any atom is 0.269 e. The van der Waals surface area contributed by atoms with Gasteiger partial charge in [-0.05, 0) is 88.4 Å². The number of nitrogens with zero attached hydrogens (tertiary/aromatic N) is 2. The van der Waals surface area contributed by atoms with E-state index in [9.17, 15) is 10.1 Å². The Balaban J connectivity index is 1.35. The molecule has 1 saturated heterocycles. The van der Waals surface area contributed by atoms with Crippen LogP contribution in [0.2, 0.25) is 0 Å². The van der Waals surface area contributed by atoms with Gasteiger partial charge in [0.25, 0.3) is 5.69 Å². The van der Waals surface area contributed by atoms with E-state index in [1.807, 2.05) is 18.2 Å². The molecule has 3 aromatic carbocycles. The summed E-state index contributed by atoms with van der Waals surface area (Å²) in [6.07, 6.45) is 2.18. The predicted octanol–water partition coefficient (Wildman–Crippen LogP) is 6.90. The van der Waals surface area contributed by atoms with E-state index in [0.717, 1.165) is 59.7 Å². The molecule has 2 aliphatic rings. The van der Waals surface area contributed by atoms with Gasteiger partial charge in [-0.25, -0.2) is 0 Å². The molecule has 0 bridgehead atoms. The van der Waals surface area contributed by atoms with E-state index in [-0.39, 0.29) is 23.2 Å². The summed E-state index contributed by atoms with van der Waals surface area (Å²) in [5.74, 6) is 2.81. The third-order valence-corrected chi connectivity index (χ3v) is 8.42. The van der Waals surface area contributed by atoms with Crippen molar-refractivity contribution in [1.29, 1.82) is 0 Å². The first kappa shape index (κ1) is 27.0. The molecule has 7 heteroatoms. The quantitative estimate of drug-likeness (QED) is 0.221. The number of ether oxygens (including phenoxy) is 3.